The van der Waals surface area contributed by atoms with Gasteiger partial charge in [0.2, 0.25) is 0 Å². The minimum absolute atomic E-state index is 0.240. The molecule has 1 aliphatic rings. The lowest BCUT2D eigenvalue weighted by Crippen LogP contribution is -2.48. The van der Waals surface area contributed by atoms with Gasteiger partial charge in [0.15, 0.2) is 11.8 Å². The van der Waals surface area contributed by atoms with Crippen LogP contribution in [0.5, 0.6) is 0 Å². The van der Waals surface area contributed by atoms with Crippen LogP contribution >= 0.6 is 0 Å². The van der Waals surface area contributed by atoms with Crippen molar-refractivity contribution in [3.63, 3.8) is 0 Å². The summed E-state index contributed by atoms with van der Waals surface area (Å²) in [6.07, 6.45) is -1.42. The molecule has 0 unspecified atom stereocenters. The summed E-state index contributed by atoms with van der Waals surface area (Å²) >= 11 is 0. The molecule has 1 fully saturated rings. The summed E-state index contributed by atoms with van der Waals surface area (Å²) in [7, 11) is 0. The summed E-state index contributed by atoms with van der Waals surface area (Å²) in [6.45, 7) is 4.45. The Balaban J connectivity index is 2.63. The summed E-state index contributed by atoms with van der Waals surface area (Å²) in [4.78, 5) is 25.6. The first-order valence-electron chi connectivity index (χ1n) is 7.10. The highest BCUT2D eigenvalue weighted by atomic mass is 16.6. The molecule has 0 aliphatic carbocycles. The lowest BCUT2D eigenvalue weighted by atomic mass is 9.93. The van der Waals surface area contributed by atoms with Gasteiger partial charge >= 0.3 is 5.69 Å². The van der Waals surface area contributed by atoms with Gasteiger partial charge in [-0.15, -0.1) is 5.73 Å². The minimum Gasteiger partial charge on any atom is -0.394 e. The third kappa shape index (κ3) is 3.08. The van der Waals surface area contributed by atoms with Gasteiger partial charge in [-0.25, -0.2) is 4.79 Å². The van der Waals surface area contributed by atoms with Crippen molar-refractivity contribution in [3.8, 4) is 0 Å². The van der Waals surface area contributed by atoms with Crippen molar-refractivity contribution in [2.45, 2.75) is 44.8 Å². The van der Waals surface area contributed by atoms with Crippen LogP contribution in [0.4, 0.5) is 0 Å². The van der Waals surface area contributed by atoms with E-state index in [0.29, 0.717) is 0 Å². The molecule has 2 rings (SSSR count). The number of aliphatic hydroxyl groups is 3. The fourth-order valence-corrected chi connectivity index (χ4v) is 2.40. The Hall–Kier alpha value is -1.96. The fraction of sp³-hybridized carbons (Fsp3) is 0.533. The second kappa shape index (κ2) is 6.27. The van der Waals surface area contributed by atoms with Crippen LogP contribution in [0, 0.1) is 6.92 Å². The Labute approximate surface area is 132 Å². The van der Waals surface area contributed by atoms with Crippen molar-refractivity contribution < 1.29 is 20.1 Å². The first-order chi connectivity index (χ1) is 10.7. The molecule has 23 heavy (non-hydrogen) atoms. The molecule has 1 aromatic heterocycles. The van der Waals surface area contributed by atoms with Gasteiger partial charge in [0.25, 0.3) is 5.56 Å². The van der Waals surface area contributed by atoms with Crippen LogP contribution in [-0.2, 0) is 4.74 Å². The molecule has 8 heteroatoms. The van der Waals surface area contributed by atoms with E-state index in [4.69, 9.17) is 4.74 Å². The summed E-state index contributed by atoms with van der Waals surface area (Å²) in [5.74, 6) is 0. The highest BCUT2D eigenvalue weighted by Crippen LogP contribution is 2.38. The smallest absolute Gasteiger partial charge is 0.330 e. The maximum absolute atomic E-state index is 12.0. The zero-order valence-electron chi connectivity index (χ0n) is 13.1. The number of aromatic nitrogens is 2. The van der Waals surface area contributed by atoms with Crippen molar-refractivity contribution in [2.24, 2.45) is 0 Å². The molecule has 0 spiro atoms. The lowest BCUT2D eigenvalue weighted by Gasteiger charge is -2.28. The van der Waals surface area contributed by atoms with E-state index in [-0.39, 0.29) is 5.56 Å². The molecule has 1 saturated heterocycles. The van der Waals surface area contributed by atoms with Crippen LogP contribution in [0.25, 0.3) is 0 Å². The van der Waals surface area contributed by atoms with E-state index in [0.717, 1.165) is 10.1 Å². The number of ether oxygens (including phenoxy) is 1. The standard InChI is InChI=1S/C15H20N2O6/c1-8(2)4-5-15(22)11(19)10(7-18)23-13(15)17-6-9(3)12(20)16-14(17)21/h5-6,10-11,13,18-19,22H,7H2,1-3H3,(H,16,20,21)/t10-,11-,13-,15-/m1/s1. The zero-order valence-corrected chi connectivity index (χ0v) is 13.1. The Morgan fingerprint density at radius 2 is 2.17 bits per heavy atom. The monoisotopic (exact) mass is 324 g/mol. The van der Waals surface area contributed by atoms with Gasteiger partial charge in [-0.1, -0.05) is 0 Å². The Morgan fingerprint density at radius 3 is 2.74 bits per heavy atom. The van der Waals surface area contributed by atoms with E-state index in [1.54, 1.807) is 13.8 Å². The predicted molar refractivity (Wildman–Crippen MR) is 81.0 cm³/mol. The zero-order chi connectivity index (χ0) is 17.4. The van der Waals surface area contributed by atoms with Crippen molar-refractivity contribution >= 4 is 0 Å². The third-order valence-corrected chi connectivity index (χ3v) is 3.70. The van der Waals surface area contributed by atoms with E-state index in [9.17, 15) is 24.9 Å². The van der Waals surface area contributed by atoms with Gasteiger partial charge in [-0.3, -0.25) is 14.3 Å². The molecule has 1 aliphatic heterocycles. The molecular formula is C15H20N2O6. The first kappa shape index (κ1) is 17.4. The summed E-state index contributed by atoms with van der Waals surface area (Å²) in [5, 5.41) is 30.4. The average Bonchev–Trinajstić information content (AvgIpc) is 2.73. The molecule has 0 radical (unpaired) electrons. The number of aromatic amines is 1. The van der Waals surface area contributed by atoms with Gasteiger partial charge in [0, 0.05) is 11.8 Å². The molecule has 0 amide bonds. The number of aliphatic hydroxyl groups excluding tert-OH is 2. The maximum Gasteiger partial charge on any atom is 0.330 e. The van der Waals surface area contributed by atoms with Crippen LogP contribution in [-0.4, -0.2) is 49.3 Å². The highest BCUT2D eigenvalue weighted by molar-refractivity contribution is 5.16. The normalized spacial score (nSPS) is 30.1. The Bertz CT molecular complexity index is 769. The SMILES string of the molecule is CC(C)=C=C[C@@]1(O)[C@H](O)[C@@H](CO)O[C@H]1n1cc(C)c(=O)[nH]c1=O. The van der Waals surface area contributed by atoms with E-state index in [1.807, 2.05) is 0 Å². The van der Waals surface area contributed by atoms with Crippen LogP contribution in [0.1, 0.15) is 25.6 Å². The molecule has 1 aromatic rings. The summed E-state index contributed by atoms with van der Waals surface area (Å²) < 4.78 is 6.43. The topological polar surface area (TPSA) is 125 Å². The number of H-pyrrole nitrogens is 1. The minimum atomic E-state index is -1.99. The predicted octanol–water partition coefficient (Wildman–Crippen LogP) is -1.05. The fourth-order valence-electron chi connectivity index (χ4n) is 2.40. The number of hydrogen-bond donors (Lipinski definition) is 4. The number of aryl methyl sites for hydroxylation is 1. The van der Waals surface area contributed by atoms with Gasteiger partial charge < -0.3 is 20.1 Å². The Morgan fingerprint density at radius 1 is 1.52 bits per heavy atom. The van der Waals surface area contributed by atoms with E-state index in [2.05, 4.69) is 10.7 Å². The molecule has 0 saturated carbocycles. The molecule has 126 valence electrons. The maximum atomic E-state index is 12.0. The summed E-state index contributed by atoms with van der Waals surface area (Å²) in [5.41, 5.74) is 0.431. The number of hydrogen-bond acceptors (Lipinski definition) is 6. The van der Waals surface area contributed by atoms with Crippen molar-refractivity contribution in [1.82, 2.24) is 9.55 Å². The van der Waals surface area contributed by atoms with Crippen molar-refractivity contribution in [3.05, 3.63) is 50.0 Å². The van der Waals surface area contributed by atoms with Crippen LogP contribution in [0.2, 0.25) is 0 Å². The second-order valence-electron chi connectivity index (χ2n) is 5.81. The van der Waals surface area contributed by atoms with Gasteiger partial charge in [0.1, 0.15) is 12.2 Å². The van der Waals surface area contributed by atoms with Gasteiger partial charge in [-0.2, -0.15) is 0 Å². The second-order valence-corrected chi connectivity index (χ2v) is 5.81. The molecule has 4 atom stereocenters. The third-order valence-electron chi connectivity index (χ3n) is 3.70. The first-order valence-corrected chi connectivity index (χ1v) is 7.10. The van der Waals surface area contributed by atoms with E-state index >= 15 is 0 Å². The average molecular weight is 324 g/mol. The molecule has 2 heterocycles. The van der Waals surface area contributed by atoms with Crippen molar-refractivity contribution in [1.29, 1.82) is 0 Å². The van der Waals surface area contributed by atoms with Gasteiger partial charge in [-0.05, 0) is 32.4 Å². The largest absolute Gasteiger partial charge is 0.394 e. The lowest BCUT2D eigenvalue weighted by molar-refractivity contribution is -0.0815. The molecule has 4 N–H and O–H groups in total. The quantitative estimate of drug-likeness (QED) is 0.526. The van der Waals surface area contributed by atoms with Crippen LogP contribution in [0.3, 0.4) is 0 Å². The van der Waals surface area contributed by atoms with E-state index < -0.39 is 41.9 Å². The molecule has 8 nitrogen and oxygen atoms in total. The summed E-state index contributed by atoms with van der Waals surface area (Å²) in [6, 6.07) is 0. The number of rotatable bonds is 3. The van der Waals surface area contributed by atoms with Crippen molar-refractivity contribution in [2.75, 3.05) is 6.61 Å². The van der Waals surface area contributed by atoms with Gasteiger partial charge in [0.05, 0.1) is 6.61 Å². The molecule has 0 aromatic carbocycles. The number of nitrogens with one attached hydrogen (secondary N) is 1. The number of nitrogens with zero attached hydrogens (tertiary/aromatic N) is 1. The highest BCUT2D eigenvalue weighted by Gasteiger charge is 2.55. The van der Waals surface area contributed by atoms with Crippen LogP contribution < -0.4 is 11.2 Å². The molecular weight excluding hydrogens is 304 g/mol. The van der Waals surface area contributed by atoms with Crippen LogP contribution in [0.15, 0.2) is 33.2 Å². The molecule has 0 bridgehead atoms. The Kier molecular flexibility index (Phi) is 4.74. The van der Waals surface area contributed by atoms with E-state index in [1.165, 1.54) is 19.2 Å².